The van der Waals surface area contributed by atoms with Crippen LogP contribution in [0.5, 0.6) is 0 Å². The van der Waals surface area contributed by atoms with Crippen LogP contribution in [0.2, 0.25) is 0 Å². The van der Waals surface area contributed by atoms with Gasteiger partial charge in [0.25, 0.3) is 0 Å². The maximum atomic E-state index is 11.8. The molecule has 2 rings (SSSR count). The van der Waals surface area contributed by atoms with Crippen LogP contribution in [0.4, 0.5) is 5.82 Å². The fraction of sp³-hybridized carbons (Fsp3) is 0.500. The van der Waals surface area contributed by atoms with Gasteiger partial charge < -0.3 is 15.0 Å². The predicted molar refractivity (Wildman–Crippen MR) is 65.8 cm³/mol. The molecule has 1 aliphatic heterocycles. The number of hydrogen-bond acceptors (Lipinski definition) is 5. The molecule has 7 heteroatoms. The Hall–Kier alpha value is -1.21. The monoisotopic (exact) mass is 300 g/mol. The number of nitrogens with zero attached hydrogens (tertiary/aromatic N) is 3. The van der Waals surface area contributed by atoms with Crippen molar-refractivity contribution in [2.75, 3.05) is 31.7 Å². The molecule has 0 saturated carbocycles. The van der Waals surface area contributed by atoms with Crippen molar-refractivity contribution < 1.29 is 9.53 Å². The number of carbonyl (C=O) groups is 1. The molecule has 1 aromatic heterocycles. The van der Waals surface area contributed by atoms with Crippen LogP contribution in [0.1, 0.15) is 0 Å². The van der Waals surface area contributed by atoms with Gasteiger partial charge in [0.05, 0.1) is 17.7 Å². The van der Waals surface area contributed by atoms with Crippen molar-refractivity contribution in [1.82, 2.24) is 15.3 Å². The third kappa shape index (κ3) is 2.55. The van der Waals surface area contributed by atoms with Gasteiger partial charge in [0.2, 0.25) is 5.91 Å². The van der Waals surface area contributed by atoms with Gasteiger partial charge in [-0.05, 0) is 15.9 Å². The summed E-state index contributed by atoms with van der Waals surface area (Å²) in [7, 11) is 1.62. The molecule has 92 valence electrons. The molecule has 1 atom stereocenters. The molecule has 0 spiro atoms. The molecule has 0 aromatic carbocycles. The van der Waals surface area contributed by atoms with Gasteiger partial charge in [0, 0.05) is 19.8 Å². The Kier molecular flexibility index (Phi) is 3.90. The lowest BCUT2D eigenvalue weighted by atomic mass is 10.2. The van der Waals surface area contributed by atoms with Crippen LogP contribution in [0.15, 0.2) is 17.0 Å². The second-order valence-electron chi connectivity index (χ2n) is 3.59. The number of rotatable bonds is 2. The van der Waals surface area contributed by atoms with Crippen molar-refractivity contribution in [2.45, 2.75) is 6.04 Å². The highest BCUT2D eigenvalue weighted by atomic mass is 79.9. The summed E-state index contributed by atoms with van der Waals surface area (Å²) in [6.07, 6.45) is 3.13. The summed E-state index contributed by atoms with van der Waals surface area (Å²) in [5.74, 6) is 0.645. The highest BCUT2D eigenvalue weighted by molar-refractivity contribution is 9.10. The molecule has 1 fully saturated rings. The first-order valence-electron chi connectivity index (χ1n) is 5.25. The predicted octanol–water partition coefficient (Wildman–Crippen LogP) is 0.190. The molecular weight excluding hydrogens is 288 g/mol. The molecule has 0 bridgehead atoms. The number of carbonyl (C=O) groups excluding carboxylic acids is 1. The minimum absolute atomic E-state index is 0.0739. The summed E-state index contributed by atoms with van der Waals surface area (Å²) in [5, 5.41) is 2.63. The summed E-state index contributed by atoms with van der Waals surface area (Å²) in [6.45, 7) is 1.59. The summed E-state index contributed by atoms with van der Waals surface area (Å²) < 4.78 is 6.11. The summed E-state index contributed by atoms with van der Waals surface area (Å²) in [4.78, 5) is 21.8. The van der Waals surface area contributed by atoms with E-state index in [0.717, 1.165) is 10.3 Å². The normalized spacial score (nSPS) is 20.1. The summed E-state index contributed by atoms with van der Waals surface area (Å²) in [6, 6.07) is -0.347. The van der Waals surface area contributed by atoms with Gasteiger partial charge in [-0.3, -0.25) is 4.79 Å². The third-order valence-electron chi connectivity index (χ3n) is 2.60. The minimum Gasteiger partial charge on any atom is -0.377 e. The van der Waals surface area contributed by atoms with Crippen LogP contribution >= 0.6 is 15.9 Å². The number of likely N-dealkylation sites (N-methyl/N-ethyl adjacent to an activating group) is 1. The molecule has 0 aliphatic carbocycles. The average molecular weight is 301 g/mol. The number of amides is 1. The lowest BCUT2D eigenvalue weighted by molar-refractivity contribution is -0.124. The lowest BCUT2D eigenvalue weighted by Crippen LogP contribution is -2.53. The number of aromatic nitrogens is 2. The van der Waals surface area contributed by atoms with Gasteiger partial charge in [-0.15, -0.1) is 0 Å². The molecule has 1 aliphatic rings. The Bertz CT molecular complexity index is 415. The SMILES string of the molecule is CNC(=O)C1COCCN1c1ncncc1Br. The van der Waals surface area contributed by atoms with Crippen molar-refractivity contribution in [1.29, 1.82) is 0 Å². The molecule has 1 amide bonds. The fourth-order valence-corrected chi connectivity index (χ4v) is 2.21. The molecule has 1 unspecified atom stereocenters. The lowest BCUT2D eigenvalue weighted by Gasteiger charge is -2.35. The number of morpholine rings is 1. The molecule has 1 saturated heterocycles. The Labute approximate surface area is 108 Å². The third-order valence-corrected chi connectivity index (χ3v) is 3.16. The molecule has 0 radical (unpaired) electrons. The first kappa shape index (κ1) is 12.3. The minimum atomic E-state index is -0.347. The van der Waals surface area contributed by atoms with E-state index in [4.69, 9.17) is 4.74 Å². The van der Waals surface area contributed by atoms with Gasteiger partial charge in [0.15, 0.2) is 0 Å². The molecule has 1 aromatic rings. The topological polar surface area (TPSA) is 67.3 Å². The van der Waals surface area contributed by atoms with Crippen LogP contribution < -0.4 is 10.2 Å². The van der Waals surface area contributed by atoms with Crippen LogP contribution in [0.25, 0.3) is 0 Å². The van der Waals surface area contributed by atoms with Gasteiger partial charge in [-0.2, -0.15) is 0 Å². The quantitative estimate of drug-likeness (QED) is 0.844. The van der Waals surface area contributed by atoms with Crippen LogP contribution in [0, 0.1) is 0 Å². The largest absolute Gasteiger partial charge is 0.377 e. The second-order valence-corrected chi connectivity index (χ2v) is 4.45. The molecular formula is C10H13BrN4O2. The van der Waals surface area contributed by atoms with E-state index in [2.05, 4.69) is 31.2 Å². The number of halogens is 1. The van der Waals surface area contributed by atoms with E-state index in [1.54, 1.807) is 13.2 Å². The van der Waals surface area contributed by atoms with Gasteiger partial charge in [0.1, 0.15) is 18.2 Å². The van der Waals surface area contributed by atoms with E-state index < -0.39 is 0 Å². The molecule has 1 N–H and O–H groups in total. The van der Waals surface area contributed by atoms with E-state index in [9.17, 15) is 4.79 Å². The molecule has 6 nitrogen and oxygen atoms in total. The molecule has 2 heterocycles. The maximum absolute atomic E-state index is 11.8. The fourth-order valence-electron chi connectivity index (χ4n) is 1.76. The molecule has 17 heavy (non-hydrogen) atoms. The van der Waals surface area contributed by atoms with E-state index >= 15 is 0 Å². The van der Waals surface area contributed by atoms with Crippen LogP contribution in [-0.4, -0.2) is 48.7 Å². The van der Waals surface area contributed by atoms with Crippen LogP contribution in [-0.2, 0) is 9.53 Å². The van der Waals surface area contributed by atoms with Crippen molar-refractivity contribution in [3.8, 4) is 0 Å². The van der Waals surface area contributed by atoms with Crippen molar-refractivity contribution in [2.24, 2.45) is 0 Å². The zero-order valence-electron chi connectivity index (χ0n) is 9.39. The Morgan fingerprint density at radius 1 is 1.71 bits per heavy atom. The first-order chi connectivity index (χ1) is 8.24. The number of hydrogen-bond donors (Lipinski definition) is 1. The van der Waals surface area contributed by atoms with Crippen molar-refractivity contribution in [3.63, 3.8) is 0 Å². The van der Waals surface area contributed by atoms with Gasteiger partial charge in [-0.1, -0.05) is 0 Å². The van der Waals surface area contributed by atoms with Gasteiger partial charge in [-0.25, -0.2) is 9.97 Å². The van der Waals surface area contributed by atoms with Crippen LogP contribution in [0.3, 0.4) is 0 Å². The summed E-state index contributed by atoms with van der Waals surface area (Å²) >= 11 is 3.39. The van der Waals surface area contributed by atoms with Crippen molar-refractivity contribution >= 4 is 27.7 Å². The zero-order chi connectivity index (χ0) is 12.3. The highest BCUT2D eigenvalue weighted by Crippen LogP contribution is 2.25. The first-order valence-corrected chi connectivity index (χ1v) is 6.05. The van der Waals surface area contributed by atoms with E-state index in [1.165, 1.54) is 6.33 Å². The van der Waals surface area contributed by atoms with Crippen molar-refractivity contribution in [3.05, 3.63) is 17.0 Å². The zero-order valence-corrected chi connectivity index (χ0v) is 11.0. The Balaban J connectivity index is 2.28. The smallest absolute Gasteiger partial charge is 0.244 e. The number of ether oxygens (including phenoxy) is 1. The number of nitrogens with one attached hydrogen (secondary N) is 1. The average Bonchev–Trinajstić information content (AvgIpc) is 2.38. The standard InChI is InChI=1S/C10H13BrN4O2/c1-12-10(16)8-5-17-3-2-15(8)9-7(11)4-13-6-14-9/h4,6,8H,2-3,5H2,1H3,(H,12,16). The van der Waals surface area contributed by atoms with Gasteiger partial charge >= 0.3 is 0 Å². The maximum Gasteiger partial charge on any atom is 0.244 e. The second kappa shape index (κ2) is 5.42. The Morgan fingerprint density at radius 2 is 2.53 bits per heavy atom. The van der Waals surface area contributed by atoms with E-state index in [0.29, 0.717) is 19.8 Å². The summed E-state index contributed by atoms with van der Waals surface area (Å²) in [5.41, 5.74) is 0. The van der Waals surface area contributed by atoms with E-state index in [1.807, 2.05) is 4.90 Å². The van der Waals surface area contributed by atoms with E-state index in [-0.39, 0.29) is 11.9 Å². The Morgan fingerprint density at radius 3 is 3.24 bits per heavy atom. The number of anilines is 1. The highest BCUT2D eigenvalue weighted by Gasteiger charge is 2.30.